The second-order valence-corrected chi connectivity index (χ2v) is 7.56. The van der Waals surface area contributed by atoms with Crippen LogP contribution >= 0.6 is 11.8 Å². The summed E-state index contributed by atoms with van der Waals surface area (Å²) in [5.41, 5.74) is 2.02. The van der Waals surface area contributed by atoms with Gasteiger partial charge in [-0.1, -0.05) is 0 Å². The van der Waals surface area contributed by atoms with Crippen molar-refractivity contribution in [3.05, 3.63) is 73.2 Å². The first-order chi connectivity index (χ1) is 15.7. The molecule has 0 aliphatic carbocycles. The van der Waals surface area contributed by atoms with Crippen molar-refractivity contribution >= 4 is 22.7 Å². The summed E-state index contributed by atoms with van der Waals surface area (Å²) in [5.74, 6) is 0.925. The second kappa shape index (κ2) is 8.67. The van der Waals surface area contributed by atoms with E-state index in [2.05, 4.69) is 30.1 Å². The summed E-state index contributed by atoms with van der Waals surface area (Å²) in [7, 11) is 0. The molecule has 0 aliphatic rings. The minimum atomic E-state index is -0.359. The van der Waals surface area contributed by atoms with Crippen molar-refractivity contribution in [2.45, 2.75) is 17.1 Å². The molecule has 0 amide bonds. The molecule has 0 aliphatic heterocycles. The molecule has 5 rings (SSSR count). The van der Waals surface area contributed by atoms with Crippen LogP contribution in [0.5, 0.6) is 5.75 Å². The summed E-state index contributed by atoms with van der Waals surface area (Å²) in [6.07, 6.45) is 6.26. The van der Waals surface area contributed by atoms with E-state index in [1.807, 2.05) is 35.8 Å². The van der Waals surface area contributed by atoms with Gasteiger partial charge >= 0.3 is 0 Å². The molecule has 0 saturated carbocycles. The van der Waals surface area contributed by atoms with Crippen LogP contribution in [0.15, 0.2) is 77.6 Å². The van der Waals surface area contributed by atoms with Crippen molar-refractivity contribution in [1.82, 2.24) is 34.7 Å². The van der Waals surface area contributed by atoms with Gasteiger partial charge in [-0.2, -0.15) is 0 Å². The molecule has 0 atom stereocenters. The van der Waals surface area contributed by atoms with Crippen LogP contribution in [-0.4, -0.2) is 41.3 Å². The van der Waals surface area contributed by atoms with Crippen molar-refractivity contribution in [2.24, 2.45) is 0 Å². The van der Waals surface area contributed by atoms with E-state index in [1.54, 1.807) is 24.7 Å². The maximum Gasteiger partial charge on any atom is 0.202 e. The molecule has 2 aromatic carbocycles. The van der Waals surface area contributed by atoms with Crippen LogP contribution < -0.4 is 4.74 Å². The predicted octanol–water partition coefficient (Wildman–Crippen LogP) is 4.36. The number of fused-ring (bicyclic) bond motifs is 1. The van der Waals surface area contributed by atoms with Crippen LogP contribution in [0.1, 0.15) is 6.92 Å². The number of nitrogens with zero attached hydrogens (tertiary/aromatic N) is 7. The Morgan fingerprint density at radius 2 is 1.88 bits per heavy atom. The SMILES string of the molecule is CCOc1ccc(-n2c(Sc3ncnc4ccc(F)cc34)nnc2-c2cnccn2)cc1. The normalized spacial score (nSPS) is 11.1. The minimum Gasteiger partial charge on any atom is -0.494 e. The Hall–Kier alpha value is -3.92. The van der Waals surface area contributed by atoms with Crippen molar-refractivity contribution < 1.29 is 9.13 Å². The van der Waals surface area contributed by atoms with Crippen LogP contribution in [0.25, 0.3) is 28.1 Å². The monoisotopic (exact) mass is 445 g/mol. The van der Waals surface area contributed by atoms with Crippen LogP contribution in [0.2, 0.25) is 0 Å². The van der Waals surface area contributed by atoms with Gasteiger partial charge in [-0.15, -0.1) is 10.2 Å². The largest absolute Gasteiger partial charge is 0.494 e. The zero-order valence-corrected chi connectivity index (χ0v) is 17.7. The molecule has 0 fully saturated rings. The summed E-state index contributed by atoms with van der Waals surface area (Å²) in [4.78, 5) is 17.1. The lowest BCUT2D eigenvalue weighted by Crippen LogP contribution is -2.01. The summed E-state index contributed by atoms with van der Waals surface area (Å²) in [5, 5.41) is 10.4. The van der Waals surface area contributed by atoms with Gasteiger partial charge in [0.1, 0.15) is 28.6 Å². The highest BCUT2D eigenvalue weighted by molar-refractivity contribution is 7.99. The number of hydrogen-bond donors (Lipinski definition) is 0. The smallest absolute Gasteiger partial charge is 0.202 e. The summed E-state index contributed by atoms with van der Waals surface area (Å²) in [6, 6.07) is 12.0. The quantitative estimate of drug-likeness (QED) is 0.356. The highest BCUT2D eigenvalue weighted by Crippen LogP contribution is 2.34. The Labute approximate surface area is 186 Å². The first-order valence-electron chi connectivity index (χ1n) is 9.76. The lowest BCUT2D eigenvalue weighted by atomic mass is 10.2. The number of aromatic nitrogens is 7. The Kier molecular flexibility index (Phi) is 5.42. The van der Waals surface area contributed by atoms with Gasteiger partial charge in [0.2, 0.25) is 5.16 Å². The minimum absolute atomic E-state index is 0.359. The molecule has 0 saturated heterocycles. The van der Waals surface area contributed by atoms with E-state index in [9.17, 15) is 4.39 Å². The number of rotatable bonds is 6. The molecule has 0 bridgehead atoms. The van der Waals surface area contributed by atoms with E-state index in [4.69, 9.17) is 4.74 Å². The van der Waals surface area contributed by atoms with E-state index in [-0.39, 0.29) is 5.82 Å². The van der Waals surface area contributed by atoms with Crippen LogP contribution in [0.4, 0.5) is 4.39 Å². The fourth-order valence-electron chi connectivity index (χ4n) is 3.18. The Morgan fingerprint density at radius 1 is 1.00 bits per heavy atom. The fraction of sp³-hybridized carbons (Fsp3) is 0.0909. The first-order valence-corrected chi connectivity index (χ1v) is 10.6. The van der Waals surface area contributed by atoms with E-state index < -0.39 is 0 Å². The average molecular weight is 445 g/mol. The molecular weight excluding hydrogens is 429 g/mol. The Morgan fingerprint density at radius 3 is 2.66 bits per heavy atom. The summed E-state index contributed by atoms with van der Waals surface area (Å²) in [6.45, 7) is 2.51. The van der Waals surface area contributed by atoms with Gasteiger partial charge in [0.25, 0.3) is 0 Å². The second-order valence-electron chi connectivity index (χ2n) is 6.60. The lowest BCUT2D eigenvalue weighted by molar-refractivity contribution is 0.340. The molecule has 3 heterocycles. The molecule has 0 unspecified atom stereocenters. The molecule has 32 heavy (non-hydrogen) atoms. The zero-order chi connectivity index (χ0) is 21.9. The van der Waals surface area contributed by atoms with Gasteiger partial charge < -0.3 is 4.74 Å². The van der Waals surface area contributed by atoms with Crippen molar-refractivity contribution in [1.29, 1.82) is 0 Å². The van der Waals surface area contributed by atoms with E-state index in [0.29, 0.717) is 39.2 Å². The van der Waals surface area contributed by atoms with Crippen molar-refractivity contribution in [2.75, 3.05) is 6.61 Å². The lowest BCUT2D eigenvalue weighted by Gasteiger charge is -2.11. The molecule has 0 spiro atoms. The fourth-order valence-corrected chi connectivity index (χ4v) is 4.09. The first kappa shape index (κ1) is 20.0. The maximum absolute atomic E-state index is 13.9. The zero-order valence-electron chi connectivity index (χ0n) is 16.9. The molecular formula is C22H16FN7OS. The predicted molar refractivity (Wildman–Crippen MR) is 117 cm³/mol. The van der Waals surface area contributed by atoms with E-state index in [0.717, 1.165) is 11.4 Å². The van der Waals surface area contributed by atoms with Crippen LogP contribution in [-0.2, 0) is 0 Å². The molecule has 10 heteroatoms. The summed E-state index contributed by atoms with van der Waals surface area (Å²) >= 11 is 1.27. The number of hydrogen-bond acceptors (Lipinski definition) is 8. The number of benzene rings is 2. The Balaban J connectivity index is 1.63. The van der Waals surface area contributed by atoms with Gasteiger partial charge in [-0.05, 0) is 61.2 Å². The van der Waals surface area contributed by atoms with Crippen LogP contribution in [0.3, 0.4) is 0 Å². The average Bonchev–Trinajstić information content (AvgIpc) is 3.24. The van der Waals surface area contributed by atoms with Crippen LogP contribution in [0, 0.1) is 5.82 Å². The molecule has 8 nitrogen and oxygen atoms in total. The van der Waals surface area contributed by atoms with Gasteiger partial charge in [-0.3, -0.25) is 9.55 Å². The van der Waals surface area contributed by atoms with Gasteiger partial charge in [-0.25, -0.2) is 19.3 Å². The molecule has 0 radical (unpaired) electrons. The highest BCUT2D eigenvalue weighted by Gasteiger charge is 2.19. The Bertz CT molecular complexity index is 1380. The third-order valence-electron chi connectivity index (χ3n) is 4.58. The number of halogens is 1. The van der Waals surface area contributed by atoms with Crippen molar-refractivity contribution in [3.63, 3.8) is 0 Å². The van der Waals surface area contributed by atoms with Gasteiger partial charge in [0, 0.05) is 17.8 Å². The standard InChI is InChI=1S/C22H16FN7OS/c1-2-31-16-6-4-15(5-7-16)30-20(19-12-24-9-10-25-19)28-29-22(30)32-21-17-11-14(23)3-8-18(17)26-13-27-21/h3-13H,2H2,1H3. The summed E-state index contributed by atoms with van der Waals surface area (Å²) < 4.78 is 21.3. The molecule has 0 N–H and O–H groups in total. The van der Waals surface area contributed by atoms with E-state index in [1.165, 1.54) is 30.2 Å². The molecule has 5 aromatic rings. The third-order valence-corrected chi connectivity index (χ3v) is 5.55. The van der Waals surface area contributed by atoms with E-state index >= 15 is 0 Å². The topological polar surface area (TPSA) is 91.5 Å². The highest BCUT2D eigenvalue weighted by atomic mass is 32.2. The van der Waals surface area contributed by atoms with Gasteiger partial charge in [0.05, 0.1) is 24.0 Å². The number of ether oxygens (including phenoxy) is 1. The van der Waals surface area contributed by atoms with Crippen molar-refractivity contribution in [3.8, 4) is 23.0 Å². The molecule has 158 valence electrons. The third kappa shape index (κ3) is 3.87. The van der Waals surface area contributed by atoms with Gasteiger partial charge in [0.15, 0.2) is 5.82 Å². The molecule has 3 aromatic heterocycles. The maximum atomic E-state index is 13.9.